The molecule has 1 atom stereocenters. The first kappa shape index (κ1) is 16.7. The maximum atomic E-state index is 11.1. The van der Waals surface area contributed by atoms with E-state index in [4.69, 9.17) is 10.8 Å². The second-order valence-electron chi connectivity index (χ2n) is 6.50. The number of hydrogen-bond acceptors (Lipinski definition) is 2. The summed E-state index contributed by atoms with van der Waals surface area (Å²) in [5.74, 6) is -0.0383. The van der Waals surface area contributed by atoms with Gasteiger partial charge in [0.2, 0.25) is 0 Å². The number of nitrogens with two attached hydrogens (primary N) is 1. The van der Waals surface area contributed by atoms with Gasteiger partial charge < -0.3 is 10.8 Å². The Morgan fingerprint density at radius 3 is 1.71 bits per heavy atom. The van der Waals surface area contributed by atoms with Crippen LogP contribution < -0.4 is 5.73 Å². The van der Waals surface area contributed by atoms with Crippen LogP contribution in [0, 0.1) is 17.3 Å². The third-order valence-corrected chi connectivity index (χ3v) is 4.26. The molecule has 0 saturated heterocycles. The van der Waals surface area contributed by atoms with E-state index in [2.05, 4.69) is 20.8 Å². The van der Waals surface area contributed by atoms with Gasteiger partial charge in [0, 0.05) is 0 Å². The maximum Gasteiger partial charge on any atom is 0.323 e. The second kappa shape index (κ2) is 5.57. The zero-order valence-corrected chi connectivity index (χ0v) is 12.1. The van der Waals surface area contributed by atoms with Gasteiger partial charge in [-0.1, -0.05) is 20.8 Å². The van der Waals surface area contributed by atoms with E-state index in [1.807, 2.05) is 0 Å². The first-order valence-electron chi connectivity index (χ1n) is 6.18. The van der Waals surface area contributed by atoms with Gasteiger partial charge in [0.1, 0.15) is 5.54 Å². The average molecular weight is 264 g/mol. The van der Waals surface area contributed by atoms with Crippen LogP contribution in [-0.2, 0) is 4.79 Å². The lowest BCUT2D eigenvalue weighted by molar-refractivity contribution is -0.145. The van der Waals surface area contributed by atoms with Crippen LogP contribution in [-0.4, -0.2) is 16.6 Å². The zero-order valence-electron chi connectivity index (χ0n) is 11.3. The van der Waals surface area contributed by atoms with Gasteiger partial charge in [0.05, 0.1) is 0 Å². The van der Waals surface area contributed by atoms with Crippen molar-refractivity contribution in [1.29, 1.82) is 0 Å². The predicted octanol–water partition coefficient (Wildman–Crippen LogP) is 3.06. The molecule has 3 nitrogen and oxygen atoms in total. The Labute approximate surface area is 111 Å². The summed E-state index contributed by atoms with van der Waals surface area (Å²) in [4.78, 5) is 11.1. The Hall–Kier alpha value is -0.280. The molecule has 102 valence electrons. The highest BCUT2D eigenvalue weighted by atomic mass is 35.5. The summed E-state index contributed by atoms with van der Waals surface area (Å²) in [6, 6.07) is 0. The summed E-state index contributed by atoms with van der Waals surface area (Å²) in [5, 5.41) is 9.09. The number of rotatable bonds is 2. The minimum atomic E-state index is -1.05. The molecule has 0 radical (unpaired) electrons. The van der Waals surface area contributed by atoms with Gasteiger partial charge >= 0.3 is 5.97 Å². The molecule has 17 heavy (non-hydrogen) atoms. The van der Waals surface area contributed by atoms with E-state index in [0.717, 1.165) is 25.7 Å². The number of carboxylic acids is 1. The predicted molar refractivity (Wildman–Crippen MR) is 72.4 cm³/mol. The van der Waals surface area contributed by atoms with E-state index in [9.17, 15) is 4.79 Å². The molecule has 0 aliphatic heterocycles. The number of carbonyl (C=O) groups is 1. The monoisotopic (exact) mass is 263 g/mol. The molecule has 1 rings (SSSR count). The lowest BCUT2D eigenvalue weighted by Crippen LogP contribution is -2.52. The molecular weight excluding hydrogens is 238 g/mol. The van der Waals surface area contributed by atoms with Gasteiger partial charge in [-0.15, -0.1) is 12.4 Å². The fourth-order valence-corrected chi connectivity index (χ4v) is 2.73. The van der Waals surface area contributed by atoms with Crippen molar-refractivity contribution in [2.45, 2.75) is 58.9 Å². The summed E-state index contributed by atoms with van der Waals surface area (Å²) in [5.41, 5.74) is 5.17. The van der Waals surface area contributed by atoms with Crippen molar-refractivity contribution in [2.75, 3.05) is 0 Å². The summed E-state index contributed by atoms with van der Waals surface area (Å²) in [7, 11) is 0. The van der Waals surface area contributed by atoms with Crippen LogP contribution >= 0.6 is 12.4 Å². The molecule has 0 spiro atoms. The molecule has 0 unspecified atom stereocenters. The van der Waals surface area contributed by atoms with E-state index in [1.165, 1.54) is 0 Å². The molecule has 0 aromatic heterocycles. The van der Waals surface area contributed by atoms with Crippen LogP contribution in [0.25, 0.3) is 0 Å². The third kappa shape index (κ3) is 3.85. The van der Waals surface area contributed by atoms with Gasteiger partial charge in [0.25, 0.3) is 0 Å². The quantitative estimate of drug-likeness (QED) is 0.805. The van der Waals surface area contributed by atoms with Crippen LogP contribution in [0.15, 0.2) is 0 Å². The summed E-state index contributed by atoms with van der Waals surface area (Å²) in [6.07, 6.45) is 4.10. The number of aliphatic carboxylic acids is 1. The molecule has 0 amide bonds. The summed E-state index contributed by atoms with van der Waals surface area (Å²) < 4.78 is 0. The minimum Gasteiger partial charge on any atom is -0.480 e. The van der Waals surface area contributed by atoms with Gasteiger partial charge in [-0.2, -0.15) is 0 Å². The highest BCUT2D eigenvalue weighted by Gasteiger charge is 2.41. The van der Waals surface area contributed by atoms with Crippen LogP contribution in [0.3, 0.4) is 0 Å². The Morgan fingerprint density at radius 1 is 1.06 bits per heavy atom. The Balaban J connectivity index is 0.00000256. The van der Waals surface area contributed by atoms with Crippen molar-refractivity contribution in [1.82, 2.24) is 0 Å². The van der Waals surface area contributed by atoms with Crippen LogP contribution in [0.1, 0.15) is 53.4 Å². The summed E-state index contributed by atoms with van der Waals surface area (Å²) >= 11 is 0. The Morgan fingerprint density at radius 2 is 1.41 bits per heavy atom. The highest BCUT2D eigenvalue weighted by Crippen LogP contribution is 2.42. The lowest BCUT2D eigenvalue weighted by Gasteiger charge is -2.40. The standard InChI is InChI=1S/C13H25NO2.ClH/c1-12(2,3)9-5-7-10(8-6-9)13(4,14)11(15)16;/h9-10H,5-8,14H2,1-4H3,(H,15,16);1H/t9?,10?,13-;/m0./s1. The lowest BCUT2D eigenvalue weighted by atomic mass is 9.66. The van der Waals surface area contributed by atoms with Gasteiger partial charge in [-0.05, 0) is 49.9 Å². The van der Waals surface area contributed by atoms with Gasteiger partial charge in [-0.25, -0.2) is 0 Å². The number of carboxylic acid groups (broad SMARTS) is 1. The van der Waals surface area contributed by atoms with Gasteiger partial charge in [0.15, 0.2) is 0 Å². The molecule has 0 aromatic rings. The average Bonchev–Trinajstić information content (AvgIpc) is 2.16. The topological polar surface area (TPSA) is 63.3 Å². The molecule has 1 fully saturated rings. The molecule has 3 N–H and O–H groups in total. The van der Waals surface area contributed by atoms with Crippen molar-refractivity contribution in [3.8, 4) is 0 Å². The van der Waals surface area contributed by atoms with Crippen molar-refractivity contribution < 1.29 is 9.90 Å². The van der Waals surface area contributed by atoms with Crippen LogP contribution in [0.2, 0.25) is 0 Å². The van der Waals surface area contributed by atoms with E-state index in [1.54, 1.807) is 6.92 Å². The SMILES string of the molecule is CC(C)(C)C1CCC([C@](C)(N)C(=O)O)CC1.Cl. The fourth-order valence-electron chi connectivity index (χ4n) is 2.73. The van der Waals surface area contributed by atoms with Crippen molar-refractivity contribution in [3.63, 3.8) is 0 Å². The maximum absolute atomic E-state index is 11.1. The van der Waals surface area contributed by atoms with E-state index >= 15 is 0 Å². The number of halogens is 1. The first-order chi connectivity index (χ1) is 7.15. The van der Waals surface area contributed by atoms with Gasteiger partial charge in [-0.3, -0.25) is 4.79 Å². The van der Waals surface area contributed by atoms with Crippen LogP contribution in [0.5, 0.6) is 0 Å². The molecule has 0 aromatic carbocycles. The molecule has 4 heteroatoms. The largest absolute Gasteiger partial charge is 0.480 e. The van der Waals surface area contributed by atoms with Crippen LogP contribution in [0.4, 0.5) is 0 Å². The minimum absolute atomic E-state index is 0. The molecule has 0 heterocycles. The first-order valence-corrected chi connectivity index (χ1v) is 6.18. The third-order valence-electron chi connectivity index (χ3n) is 4.26. The molecule has 1 aliphatic rings. The smallest absolute Gasteiger partial charge is 0.323 e. The number of hydrogen-bond donors (Lipinski definition) is 2. The van der Waals surface area contributed by atoms with E-state index in [0.29, 0.717) is 11.3 Å². The molecule has 0 bridgehead atoms. The Bertz CT molecular complexity index is 263. The second-order valence-corrected chi connectivity index (χ2v) is 6.50. The summed E-state index contributed by atoms with van der Waals surface area (Å²) in [6.45, 7) is 8.43. The van der Waals surface area contributed by atoms with Crippen molar-refractivity contribution in [2.24, 2.45) is 23.0 Å². The normalized spacial score (nSPS) is 29.0. The fraction of sp³-hybridized carbons (Fsp3) is 0.923. The van der Waals surface area contributed by atoms with Crippen molar-refractivity contribution in [3.05, 3.63) is 0 Å². The Kier molecular flexibility index (Phi) is 5.48. The zero-order chi connectivity index (χ0) is 12.6. The highest BCUT2D eigenvalue weighted by molar-refractivity contribution is 5.85. The molecular formula is C13H26ClNO2. The molecule has 1 aliphatic carbocycles. The molecule has 1 saturated carbocycles. The van der Waals surface area contributed by atoms with Crippen molar-refractivity contribution >= 4 is 18.4 Å². The van der Waals surface area contributed by atoms with E-state index < -0.39 is 11.5 Å². The van der Waals surface area contributed by atoms with E-state index in [-0.39, 0.29) is 18.3 Å².